The van der Waals surface area contributed by atoms with Crippen LogP contribution in [0.4, 0.5) is 0 Å². The maximum Gasteiger partial charge on any atom is 0.196 e. The summed E-state index contributed by atoms with van der Waals surface area (Å²) in [5, 5.41) is 11.0. The zero-order chi connectivity index (χ0) is 20.4. The van der Waals surface area contributed by atoms with E-state index in [9.17, 15) is 0 Å². The van der Waals surface area contributed by atoms with Gasteiger partial charge in [0.1, 0.15) is 0 Å². The van der Waals surface area contributed by atoms with Crippen molar-refractivity contribution in [3.63, 3.8) is 0 Å². The van der Waals surface area contributed by atoms with Gasteiger partial charge in [0, 0.05) is 17.0 Å². The standard InChI is InChI=1S/C23H19Cl2N3S/c1-15-6-9-19(10-7-15)28-22(18-5-3-4-16(2)12-18)26-27-23(28)29-14-17-8-11-20(24)21(25)13-17/h3-13H,14H2,1-2H3. The Morgan fingerprint density at radius 3 is 2.34 bits per heavy atom. The van der Waals surface area contributed by atoms with Crippen LogP contribution in [0.25, 0.3) is 17.1 Å². The molecular weight excluding hydrogens is 421 g/mol. The SMILES string of the molecule is Cc1ccc(-n2c(SCc3ccc(Cl)c(Cl)c3)nnc2-c2cccc(C)c2)cc1. The van der Waals surface area contributed by atoms with E-state index < -0.39 is 0 Å². The molecule has 1 aromatic heterocycles. The maximum atomic E-state index is 6.16. The molecule has 1 heterocycles. The first kappa shape index (κ1) is 20.0. The Hall–Kier alpha value is -2.27. The van der Waals surface area contributed by atoms with E-state index in [4.69, 9.17) is 23.2 Å². The first-order valence-corrected chi connectivity index (χ1v) is 10.9. The average molecular weight is 440 g/mol. The minimum atomic E-state index is 0.560. The van der Waals surface area contributed by atoms with E-state index >= 15 is 0 Å². The summed E-state index contributed by atoms with van der Waals surface area (Å²) in [6.07, 6.45) is 0. The number of nitrogens with zero attached hydrogens (tertiary/aromatic N) is 3. The van der Waals surface area contributed by atoms with Gasteiger partial charge in [-0.25, -0.2) is 0 Å². The summed E-state index contributed by atoms with van der Waals surface area (Å²) in [5.74, 6) is 1.54. The van der Waals surface area contributed by atoms with Crippen molar-refractivity contribution >= 4 is 35.0 Å². The van der Waals surface area contributed by atoms with Gasteiger partial charge in [-0.05, 0) is 49.7 Å². The van der Waals surface area contributed by atoms with Gasteiger partial charge in [-0.2, -0.15) is 0 Å². The highest BCUT2D eigenvalue weighted by atomic mass is 35.5. The van der Waals surface area contributed by atoms with Gasteiger partial charge in [-0.15, -0.1) is 10.2 Å². The van der Waals surface area contributed by atoms with E-state index in [1.54, 1.807) is 11.8 Å². The number of rotatable bonds is 5. The second-order valence-electron chi connectivity index (χ2n) is 6.88. The Labute approximate surface area is 184 Å². The van der Waals surface area contributed by atoms with Gasteiger partial charge in [0.15, 0.2) is 11.0 Å². The summed E-state index contributed by atoms with van der Waals surface area (Å²) in [7, 11) is 0. The molecule has 3 nitrogen and oxygen atoms in total. The van der Waals surface area contributed by atoms with Crippen LogP contribution in [0.1, 0.15) is 16.7 Å². The molecule has 0 N–H and O–H groups in total. The predicted molar refractivity (Wildman–Crippen MR) is 122 cm³/mol. The number of hydrogen-bond acceptors (Lipinski definition) is 3. The van der Waals surface area contributed by atoms with Gasteiger partial charge < -0.3 is 0 Å². The Balaban J connectivity index is 1.73. The van der Waals surface area contributed by atoms with E-state index in [0.717, 1.165) is 27.8 Å². The molecule has 0 bridgehead atoms. The van der Waals surface area contributed by atoms with Gasteiger partial charge in [0.2, 0.25) is 0 Å². The number of benzene rings is 3. The highest BCUT2D eigenvalue weighted by Crippen LogP contribution is 2.31. The van der Waals surface area contributed by atoms with Gasteiger partial charge in [-0.1, -0.05) is 82.5 Å². The van der Waals surface area contributed by atoms with Crippen molar-refractivity contribution in [3.8, 4) is 17.1 Å². The van der Waals surface area contributed by atoms with Crippen molar-refractivity contribution in [2.24, 2.45) is 0 Å². The van der Waals surface area contributed by atoms with Crippen LogP contribution >= 0.6 is 35.0 Å². The molecule has 6 heteroatoms. The lowest BCUT2D eigenvalue weighted by atomic mass is 10.1. The Kier molecular flexibility index (Phi) is 5.95. The second kappa shape index (κ2) is 8.62. The van der Waals surface area contributed by atoms with Crippen molar-refractivity contribution in [1.82, 2.24) is 14.8 Å². The summed E-state index contributed by atoms with van der Waals surface area (Å²) >= 11 is 13.8. The summed E-state index contributed by atoms with van der Waals surface area (Å²) in [5.41, 5.74) is 5.56. The minimum absolute atomic E-state index is 0.560. The van der Waals surface area contributed by atoms with Crippen LogP contribution in [0.5, 0.6) is 0 Å². The lowest BCUT2D eigenvalue weighted by Crippen LogP contribution is -2.00. The smallest absolute Gasteiger partial charge is 0.196 e. The first-order valence-electron chi connectivity index (χ1n) is 9.17. The largest absolute Gasteiger partial charge is 0.270 e. The fraction of sp³-hybridized carbons (Fsp3) is 0.130. The molecule has 0 saturated heterocycles. The summed E-state index contributed by atoms with van der Waals surface area (Å²) in [4.78, 5) is 0. The number of thioether (sulfide) groups is 1. The van der Waals surface area contributed by atoms with Crippen molar-refractivity contribution in [2.45, 2.75) is 24.8 Å². The van der Waals surface area contributed by atoms with Gasteiger partial charge >= 0.3 is 0 Å². The molecule has 0 atom stereocenters. The third kappa shape index (κ3) is 4.50. The monoisotopic (exact) mass is 439 g/mol. The molecule has 0 radical (unpaired) electrons. The second-order valence-corrected chi connectivity index (χ2v) is 8.64. The zero-order valence-electron chi connectivity index (χ0n) is 16.1. The fourth-order valence-corrected chi connectivity index (χ4v) is 4.25. The molecule has 0 aliphatic heterocycles. The van der Waals surface area contributed by atoms with E-state index in [1.807, 2.05) is 24.3 Å². The molecule has 3 aromatic carbocycles. The lowest BCUT2D eigenvalue weighted by molar-refractivity contribution is 0.885. The lowest BCUT2D eigenvalue weighted by Gasteiger charge is -2.11. The van der Waals surface area contributed by atoms with E-state index in [1.165, 1.54) is 11.1 Å². The molecule has 0 aliphatic carbocycles. The van der Waals surface area contributed by atoms with E-state index in [0.29, 0.717) is 15.8 Å². The number of aryl methyl sites for hydroxylation is 2. The minimum Gasteiger partial charge on any atom is -0.270 e. The maximum absolute atomic E-state index is 6.16. The van der Waals surface area contributed by atoms with Crippen molar-refractivity contribution < 1.29 is 0 Å². The Morgan fingerprint density at radius 2 is 1.62 bits per heavy atom. The third-order valence-corrected chi connectivity index (χ3v) is 6.29. The number of halogens is 2. The molecule has 0 fully saturated rings. The Morgan fingerprint density at radius 1 is 0.828 bits per heavy atom. The summed E-state index contributed by atoms with van der Waals surface area (Å²) in [6.45, 7) is 4.16. The van der Waals surface area contributed by atoms with Gasteiger partial charge in [-0.3, -0.25) is 4.57 Å². The van der Waals surface area contributed by atoms with Crippen LogP contribution < -0.4 is 0 Å². The van der Waals surface area contributed by atoms with Crippen molar-refractivity contribution in [2.75, 3.05) is 0 Å². The highest BCUT2D eigenvalue weighted by Gasteiger charge is 2.16. The van der Waals surface area contributed by atoms with E-state index in [-0.39, 0.29) is 0 Å². The first-order chi connectivity index (χ1) is 14.0. The van der Waals surface area contributed by atoms with Crippen LogP contribution in [-0.2, 0) is 5.75 Å². The molecule has 0 saturated carbocycles. The highest BCUT2D eigenvalue weighted by molar-refractivity contribution is 7.98. The van der Waals surface area contributed by atoms with Gasteiger partial charge in [0.25, 0.3) is 0 Å². The van der Waals surface area contributed by atoms with Crippen LogP contribution in [0.3, 0.4) is 0 Å². The fourth-order valence-electron chi connectivity index (χ4n) is 3.04. The van der Waals surface area contributed by atoms with E-state index in [2.05, 4.69) is 71.1 Å². The normalized spacial score (nSPS) is 11.0. The molecule has 4 rings (SSSR count). The molecule has 0 unspecified atom stereocenters. The van der Waals surface area contributed by atoms with Crippen LogP contribution in [0.2, 0.25) is 10.0 Å². The molecule has 0 amide bonds. The summed E-state index contributed by atoms with van der Waals surface area (Å²) in [6, 6.07) is 22.4. The average Bonchev–Trinajstić information content (AvgIpc) is 3.13. The molecule has 146 valence electrons. The molecule has 29 heavy (non-hydrogen) atoms. The molecule has 0 spiro atoms. The Bertz CT molecular complexity index is 1150. The van der Waals surface area contributed by atoms with Crippen LogP contribution in [-0.4, -0.2) is 14.8 Å². The summed E-state index contributed by atoms with van der Waals surface area (Å²) < 4.78 is 2.11. The zero-order valence-corrected chi connectivity index (χ0v) is 18.4. The van der Waals surface area contributed by atoms with Crippen LogP contribution in [0, 0.1) is 13.8 Å². The molecule has 4 aromatic rings. The van der Waals surface area contributed by atoms with Crippen molar-refractivity contribution in [3.05, 3.63) is 93.5 Å². The van der Waals surface area contributed by atoms with Gasteiger partial charge in [0.05, 0.1) is 10.0 Å². The molecular formula is C23H19Cl2N3S. The third-order valence-electron chi connectivity index (χ3n) is 4.55. The predicted octanol–water partition coefficient (Wildman–Crippen LogP) is 7.15. The van der Waals surface area contributed by atoms with Crippen molar-refractivity contribution in [1.29, 1.82) is 0 Å². The number of aromatic nitrogens is 3. The number of hydrogen-bond donors (Lipinski definition) is 0. The quantitative estimate of drug-likeness (QED) is 0.309. The van der Waals surface area contributed by atoms with Crippen LogP contribution in [0.15, 0.2) is 71.9 Å². The topological polar surface area (TPSA) is 30.7 Å². The molecule has 0 aliphatic rings.